The van der Waals surface area contributed by atoms with Crippen LogP contribution < -0.4 is 10.6 Å². The maximum absolute atomic E-state index is 5.84. The maximum Gasteiger partial charge on any atom is 0.191 e. The van der Waals surface area contributed by atoms with Crippen molar-refractivity contribution < 1.29 is 9.15 Å². The van der Waals surface area contributed by atoms with E-state index in [2.05, 4.69) is 36.5 Å². The molecule has 0 aliphatic carbocycles. The van der Waals surface area contributed by atoms with E-state index in [1.165, 1.54) is 17.7 Å². The van der Waals surface area contributed by atoms with E-state index in [1.807, 2.05) is 23.9 Å². The van der Waals surface area contributed by atoms with Gasteiger partial charge in [0.1, 0.15) is 5.76 Å². The van der Waals surface area contributed by atoms with Crippen LogP contribution in [0.1, 0.15) is 48.9 Å². The Kier molecular flexibility index (Phi) is 7.75. The molecular weight excluding hydrogens is 366 g/mol. The Balaban J connectivity index is 1.59. The normalized spacial score (nSPS) is 18.6. The SMILES string of the molecule is Cc1nn(C)c(C)c1CC(C)NC(=NCC1CCCCO1)NCCc1ccco1. The smallest absolute Gasteiger partial charge is 0.191 e. The van der Waals surface area contributed by atoms with Gasteiger partial charge in [0.15, 0.2) is 5.96 Å². The standard InChI is InChI=1S/C22H35N5O2/c1-16(14-21-17(2)26-27(4)18(21)3)25-22(23-11-10-19-9-7-13-28-19)24-15-20-8-5-6-12-29-20/h7,9,13,16,20H,5-6,8,10-12,14-15H2,1-4H3,(H2,23,24,25). The van der Waals surface area contributed by atoms with Gasteiger partial charge < -0.3 is 19.8 Å². The second-order valence-corrected chi connectivity index (χ2v) is 7.96. The van der Waals surface area contributed by atoms with Gasteiger partial charge in [0.05, 0.1) is 24.6 Å². The van der Waals surface area contributed by atoms with Crippen molar-refractivity contribution in [2.45, 2.75) is 65.0 Å². The van der Waals surface area contributed by atoms with Crippen LogP contribution >= 0.6 is 0 Å². The summed E-state index contributed by atoms with van der Waals surface area (Å²) in [6.07, 6.45) is 7.15. The molecule has 2 aromatic rings. The van der Waals surface area contributed by atoms with Crippen LogP contribution in [0.25, 0.3) is 0 Å². The number of guanidine groups is 1. The molecule has 160 valence electrons. The zero-order valence-electron chi connectivity index (χ0n) is 18.2. The van der Waals surface area contributed by atoms with Gasteiger partial charge >= 0.3 is 0 Å². The molecule has 29 heavy (non-hydrogen) atoms. The zero-order chi connectivity index (χ0) is 20.6. The van der Waals surface area contributed by atoms with E-state index >= 15 is 0 Å². The number of hydrogen-bond donors (Lipinski definition) is 2. The van der Waals surface area contributed by atoms with E-state index in [-0.39, 0.29) is 12.1 Å². The molecule has 2 atom stereocenters. The average molecular weight is 402 g/mol. The van der Waals surface area contributed by atoms with Crippen molar-refractivity contribution in [1.29, 1.82) is 0 Å². The first-order chi connectivity index (χ1) is 14.0. The Morgan fingerprint density at radius 2 is 2.24 bits per heavy atom. The minimum absolute atomic E-state index is 0.227. The van der Waals surface area contributed by atoms with Crippen LogP contribution in [0.3, 0.4) is 0 Å². The summed E-state index contributed by atoms with van der Waals surface area (Å²) in [6, 6.07) is 4.15. The molecule has 0 saturated carbocycles. The molecule has 0 bridgehead atoms. The number of aromatic nitrogens is 2. The second kappa shape index (κ2) is 10.5. The molecule has 7 nitrogen and oxygen atoms in total. The Labute approximate surface area is 173 Å². The molecule has 1 aliphatic heterocycles. The first-order valence-electron chi connectivity index (χ1n) is 10.7. The highest BCUT2D eigenvalue weighted by atomic mass is 16.5. The minimum Gasteiger partial charge on any atom is -0.469 e. The van der Waals surface area contributed by atoms with E-state index in [1.54, 1.807) is 6.26 Å². The quantitative estimate of drug-likeness (QED) is 0.525. The fourth-order valence-corrected chi connectivity index (χ4v) is 3.76. The number of rotatable bonds is 8. The Hall–Kier alpha value is -2.28. The van der Waals surface area contributed by atoms with Gasteiger partial charge in [-0.3, -0.25) is 9.67 Å². The number of ether oxygens (including phenoxy) is 1. The summed E-state index contributed by atoms with van der Waals surface area (Å²) >= 11 is 0. The van der Waals surface area contributed by atoms with Crippen LogP contribution in [0.2, 0.25) is 0 Å². The topological polar surface area (TPSA) is 76.6 Å². The average Bonchev–Trinajstić information content (AvgIpc) is 3.31. The summed E-state index contributed by atoms with van der Waals surface area (Å²) in [5.74, 6) is 1.81. The molecule has 2 unspecified atom stereocenters. The highest BCUT2D eigenvalue weighted by molar-refractivity contribution is 5.80. The summed E-state index contributed by atoms with van der Waals surface area (Å²) in [7, 11) is 2.00. The molecule has 2 aromatic heterocycles. The van der Waals surface area contributed by atoms with Crippen LogP contribution in [-0.2, 0) is 24.6 Å². The van der Waals surface area contributed by atoms with E-state index in [0.29, 0.717) is 6.54 Å². The van der Waals surface area contributed by atoms with E-state index < -0.39 is 0 Å². The predicted octanol–water partition coefficient (Wildman–Crippen LogP) is 2.91. The van der Waals surface area contributed by atoms with Crippen molar-refractivity contribution in [3.63, 3.8) is 0 Å². The van der Waals surface area contributed by atoms with Crippen LogP contribution in [-0.4, -0.2) is 47.6 Å². The molecule has 2 N–H and O–H groups in total. The van der Waals surface area contributed by atoms with E-state index in [9.17, 15) is 0 Å². The van der Waals surface area contributed by atoms with Crippen LogP contribution in [0, 0.1) is 13.8 Å². The molecule has 3 heterocycles. The van der Waals surface area contributed by atoms with E-state index in [4.69, 9.17) is 14.1 Å². The van der Waals surface area contributed by atoms with E-state index in [0.717, 1.165) is 56.2 Å². The summed E-state index contributed by atoms with van der Waals surface area (Å²) in [6.45, 7) is 8.69. The Morgan fingerprint density at radius 1 is 1.38 bits per heavy atom. The summed E-state index contributed by atoms with van der Waals surface area (Å²) in [5.41, 5.74) is 3.62. The summed E-state index contributed by atoms with van der Waals surface area (Å²) in [4.78, 5) is 4.82. The van der Waals surface area contributed by atoms with Crippen molar-refractivity contribution >= 4 is 5.96 Å². The number of nitrogens with zero attached hydrogens (tertiary/aromatic N) is 3. The number of aliphatic imine (C=N–C) groups is 1. The first-order valence-corrected chi connectivity index (χ1v) is 10.7. The number of nitrogens with one attached hydrogen (secondary N) is 2. The molecule has 1 aliphatic rings. The van der Waals surface area contributed by atoms with Gasteiger partial charge in [0.2, 0.25) is 0 Å². The summed E-state index contributed by atoms with van der Waals surface area (Å²) < 4.78 is 13.2. The third kappa shape index (κ3) is 6.35. The highest BCUT2D eigenvalue weighted by Gasteiger charge is 2.16. The molecule has 0 aromatic carbocycles. The maximum atomic E-state index is 5.84. The Bertz CT molecular complexity index is 775. The number of furan rings is 1. The second-order valence-electron chi connectivity index (χ2n) is 7.96. The van der Waals surface area contributed by atoms with Gasteiger partial charge in [0.25, 0.3) is 0 Å². The molecule has 7 heteroatoms. The molecule has 1 saturated heterocycles. The monoisotopic (exact) mass is 401 g/mol. The van der Waals surface area contributed by atoms with Gasteiger partial charge in [-0.1, -0.05) is 0 Å². The molecule has 3 rings (SSSR count). The summed E-state index contributed by atoms with van der Waals surface area (Å²) in [5, 5.41) is 11.6. The lowest BCUT2D eigenvalue weighted by Crippen LogP contribution is -2.44. The van der Waals surface area contributed by atoms with Crippen molar-refractivity contribution in [3.05, 3.63) is 41.1 Å². The van der Waals surface area contributed by atoms with Crippen molar-refractivity contribution in [2.75, 3.05) is 19.7 Å². The number of hydrogen-bond acceptors (Lipinski definition) is 4. The first kappa shape index (κ1) is 21.4. The highest BCUT2D eigenvalue weighted by Crippen LogP contribution is 2.15. The molecule has 0 amide bonds. The van der Waals surface area contributed by atoms with Crippen LogP contribution in [0.5, 0.6) is 0 Å². The van der Waals surface area contributed by atoms with Crippen molar-refractivity contribution in [2.24, 2.45) is 12.0 Å². The third-order valence-electron chi connectivity index (χ3n) is 5.52. The van der Waals surface area contributed by atoms with Gasteiger partial charge in [-0.15, -0.1) is 0 Å². The van der Waals surface area contributed by atoms with Crippen molar-refractivity contribution in [3.8, 4) is 0 Å². The van der Waals surface area contributed by atoms with Gasteiger partial charge in [-0.2, -0.15) is 5.10 Å². The van der Waals surface area contributed by atoms with Crippen LogP contribution in [0.4, 0.5) is 0 Å². The fraction of sp³-hybridized carbons (Fsp3) is 0.636. The lowest BCUT2D eigenvalue weighted by Gasteiger charge is -2.22. The largest absolute Gasteiger partial charge is 0.469 e. The van der Waals surface area contributed by atoms with Crippen molar-refractivity contribution in [1.82, 2.24) is 20.4 Å². The lowest BCUT2D eigenvalue weighted by molar-refractivity contribution is 0.0224. The Morgan fingerprint density at radius 3 is 2.90 bits per heavy atom. The molecular formula is C22H35N5O2. The van der Waals surface area contributed by atoms with Gasteiger partial charge in [0, 0.05) is 38.4 Å². The van der Waals surface area contributed by atoms with Gasteiger partial charge in [-0.25, -0.2) is 0 Å². The third-order valence-corrected chi connectivity index (χ3v) is 5.52. The number of aryl methyl sites for hydroxylation is 2. The molecule has 1 fully saturated rings. The lowest BCUT2D eigenvalue weighted by atomic mass is 10.1. The predicted molar refractivity (Wildman–Crippen MR) is 115 cm³/mol. The zero-order valence-corrected chi connectivity index (χ0v) is 18.2. The molecule has 0 radical (unpaired) electrons. The van der Waals surface area contributed by atoms with Gasteiger partial charge in [-0.05, 0) is 64.2 Å². The molecule has 0 spiro atoms. The fourth-order valence-electron chi connectivity index (χ4n) is 3.76. The minimum atomic E-state index is 0.227. The van der Waals surface area contributed by atoms with Crippen LogP contribution in [0.15, 0.2) is 27.8 Å².